The van der Waals surface area contributed by atoms with Gasteiger partial charge in [-0.2, -0.15) is 42.8 Å². The Morgan fingerprint density at radius 1 is 0.846 bits per heavy atom. The minimum absolute atomic E-state index is 0. The van der Waals surface area contributed by atoms with E-state index < -0.39 is 0 Å². The van der Waals surface area contributed by atoms with Crippen molar-refractivity contribution in [2.75, 3.05) is 0 Å². The Morgan fingerprint density at radius 3 is 1.62 bits per heavy atom. The molecule has 0 N–H and O–H groups in total. The molecule has 0 bridgehead atoms. The van der Waals surface area contributed by atoms with E-state index in [1.165, 1.54) is 0 Å². The van der Waals surface area contributed by atoms with Crippen molar-refractivity contribution in [3.05, 3.63) is 73.2 Å². The monoisotopic (exact) mass is 211 g/mol. The largest absolute Gasteiger partial charge is 2.00 e. The fraction of sp³-hybridized carbons (Fsp3) is 0. The predicted molar refractivity (Wildman–Crippen MR) is 52.9 cm³/mol. The summed E-state index contributed by atoms with van der Waals surface area (Å²) in [6, 6.07) is 19.9. The average molecular weight is 211 g/mol. The molecule has 0 unspecified atom stereocenters. The Balaban J connectivity index is 0.000000215. The minimum atomic E-state index is 0. The number of hydrogen-bond donors (Lipinski definition) is 0. The predicted octanol–water partition coefficient (Wildman–Crippen LogP) is 3.27. The van der Waals surface area contributed by atoms with E-state index in [9.17, 15) is 0 Å². The normalized spacial score (nSPS) is 7.69. The van der Waals surface area contributed by atoms with Gasteiger partial charge >= 0.3 is 17.1 Å². The van der Waals surface area contributed by atoms with Crippen molar-refractivity contribution >= 4 is 0 Å². The molecule has 2 aromatic carbocycles. The molecule has 0 aromatic heterocycles. The zero-order valence-corrected chi connectivity index (χ0v) is 8.54. The van der Waals surface area contributed by atoms with Crippen LogP contribution in [0.25, 0.3) is 0 Å². The van der Waals surface area contributed by atoms with Crippen LogP contribution in [0.3, 0.4) is 0 Å². The molecule has 0 atom stereocenters. The Hall–Kier alpha value is -1.04. The fourth-order valence-corrected chi connectivity index (χ4v) is 0.799. The zero-order chi connectivity index (χ0) is 8.65. The number of hydrogen-bond acceptors (Lipinski definition) is 0. The smallest absolute Gasteiger partial charge is 0.214 e. The summed E-state index contributed by atoms with van der Waals surface area (Å²) in [7, 11) is 0. The van der Waals surface area contributed by atoms with E-state index in [1.807, 2.05) is 60.7 Å². The summed E-state index contributed by atoms with van der Waals surface area (Å²) >= 11 is 0. The van der Waals surface area contributed by atoms with Crippen molar-refractivity contribution < 1.29 is 17.1 Å². The van der Waals surface area contributed by atoms with Gasteiger partial charge in [0, 0.05) is 0 Å². The average Bonchev–Trinajstić information content (AvgIpc) is 2.62. The van der Waals surface area contributed by atoms with Crippen LogP contribution < -0.4 is 0 Å². The molecule has 0 aliphatic carbocycles. The molecule has 0 fully saturated rings. The topological polar surface area (TPSA) is 0 Å². The van der Waals surface area contributed by atoms with Gasteiger partial charge in [0.15, 0.2) is 0 Å². The number of rotatable bonds is 0. The first kappa shape index (κ1) is 12.0. The van der Waals surface area contributed by atoms with E-state index in [4.69, 9.17) is 0 Å². The molecule has 0 heterocycles. The molecule has 0 saturated heterocycles. The summed E-state index contributed by atoms with van der Waals surface area (Å²) in [4.78, 5) is 0. The first-order valence-electron chi connectivity index (χ1n) is 3.93. The minimum Gasteiger partial charge on any atom is -0.214 e. The third-order valence-corrected chi connectivity index (χ3v) is 1.40. The van der Waals surface area contributed by atoms with Gasteiger partial charge in [-0.3, -0.25) is 0 Å². The van der Waals surface area contributed by atoms with Crippen molar-refractivity contribution in [3.8, 4) is 0 Å². The molecular weight excluding hydrogens is 199 g/mol. The van der Waals surface area contributed by atoms with Crippen LogP contribution in [-0.2, 0) is 17.1 Å². The van der Waals surface area contributed by atoms with Gasteiger partial charge in [0.2, 0.25) is 0 Å². The van der Waals surface area contributed by atoms with E-state index in [-0.39, 0.29) is 17.1 Å². The van der Waals surface area contributed by atoms with Crippen LogP contribution >= 0.6 is 0 Å². The van der Waals surface area contributed by atoms with Crippen molar-refractivity contribution in [2.45, 2.75) is 0 Å². The molecule has 0 aliphatic heterocycles. The maximum atomic E-state index is 3.72. The van der Waals surface area contributed by atoms with Gasteiger partial charge in [0.1, 0.15) is 0 Å². The van der Waals surface area contributed by atoms with E-state index in [1.54, 1.807) is 0 Å². The van der Waals surface area contributed by atoms with Crippen LogP contribution in [0, 0.1) is 6.92 Å². The van der Waals surface area contributed by atoms with E-state index in [0.717, 1.165) is 5.56 Å². The van der Waals surface area contributed by atoms with Crippen LogP contribution in [-0.4, -0.2) is 0 Å². The maximum absolute atomic E-state index is 3.72. The fourth-order valence-electron chi connectivity index (χ4n) is 0.799. The van der Waals surface area contributed by atoms with Crippen molar-refractivity contribution in [1.82, 2.24) is 0 Å². The van der Waals surface area contributed by atoms with Crippen LogP contribution in [0.4, 0.5) is 0 Å². The molecule has 67 valence electrons. The van der Waals surface area contributed by atoms with Gasteiger partial charge in [-0.1, -0.05) is 6.07 Å². The Bertz CT molecular complexity index is 254. The van der Waals surface area contributed by atoms with E-state index in [0.29, 0.717) is 0 Å². The third kappa shape index (κ3) is 6.15. The first-order chi connectivity index (χ1) is 5.89. The summed E-state index contributed by atoms with van der Waals surface area (Å²) in [6.45, 7) is 3.72. The van der Waals surface area contributed by atoms with Crippen molar-refractivity contribution in [1.29, 1.82) is 0 Å². The molecule has 2 rings (SSSR count). The zero-order valence-electron chi connectivity index (χ0n) is 7.36. The van der Waals surface area contributed by atoms with Crippen LogP contribution in [0.1, 0.15) is 5.56 Å². The molecule has 1 heteroatoms. The Morgan fingerprint density at radius 2 is 1.38 bits per heavy atom. The summed E-state index contributed by atoms with van der Waals surface area (Å²) in [5.74, 6) is 0. The molecule has 0 nitrogen and oxygen atoms in total. The summed E-state index contributed by atoms with van der Waals surface area (Å²) < 4.78 is 0. The van der Waals surface area contributed by atoms with Gasteiger partial charge in [-0.25, -0.2) is 12.1 Å². The molecule has 0 aliphatic rings. The second-order valence-corrected chi connectivity index (χ2v) is 2.45. The number of benzene rings is 1. The van der Waals surface area contributed by atoms with E-state index in [2.05, 4.69) is 6.92 Å². The van der Waals surface area contributed by atoms with Crippen LogP contribution in [0.15, 0.2) is 60.7 Å². The second kappa shape index (κ2) is 7.60. The molecule has 13 heavy (non-hydrogen) atoms. The standard InChI is InChI=1S/C7H7.C5H5.Mn/c1-7-5-3-2-4-6-7;1-2-4-5-3-1;/h2-6H,1H2;1-5H;/q2*-1;+2. The summed E-state index contributed by atoms with van der Waals surface area (Å²) in [6.07, 6.45) is 0. The Labute approximate surface area is 90.4 Å². The van der Waals surface area contributed by atoms with Crippen LogP contribution in [0.5, 0.6) is 0 Å². The molecule has 0 amide bonds. The Kier molecular flexibility index (Phi) is 6.99. The molecule has 2 aromatic rings. The van der Waals surface area contributed by atoms with Gasteiger partial charge in [-0.15, -0.1) is 12.1 Å². The van der Waals surface area contributed by atoms with Gasteiger partial charge in [-0.05, 0) is 0 Å². The molecular formula is C12H12Mn. The second-order valence-electron chi connectivity index (χ2n) is 2.45. The summed E-state index contributed by atoms with van der Waals surface area (Å²) in [5.41, 5.74) is 1.07. The molecule has 1 radical (unpaired) electrons. The van der Waals surface area contributed by atoms with Crippen molar-refractivity contribution in [3.63, 3.8) is 0 Å². The third-order valence-electron chi connectivity index (χ3n) is 1.40. The van der Waals surface area contributed by atoms with Gasteiger partial charge in [0.25, 0.3) is 0 Å². The SMILES string of the molecule is [CH2-]c1ccccc1.[Mn+2].c1cc[cH-]c1. The molecule has 0 saturated carbocycles. The maximum Gasteiger partial charge on any atom is 2.00 e. The van der Waals surface area contributed by atoms with Crippen molar-refractivity contribution in [2.24, 2.45) is 0 Å². The van der Waals surface area contributed by atoms with Crippen LogP contribution in [0.2, 0.25) is 0 Å². The quantitative estimate of drug-likeness (QED) is 0.463. The van der Waals surface area contributed by atoms with Gasteiger partial charge < -0.3 is 0 Å². The molecule has 0 spiro atoms. The summed E-state index contributed by atoms with van der Waals surface area (Å²) in [5, 5.41) is 0. The van der Waals surface area contributed by atoms with E-state index >= 15 is 0 Å². The first-order valence-corrected chi connectivity index (χ1v) is 3.93. The van der Waals surface area contributed by atoms with Gasteiger partial charge in [0.05, 0.1) is 0 Å².